The smallest absolute Gasteiger partial charge is 0.372 e. The van der Waals surface area contributed by atoms with E-state index in [0.717, 1.165) is 6.07 Å². The molecule has 1 saturated heterocycles. The number of anilines is 1. The topological polar surface area (TPSA) is 89.4 Å². The van der Waals surface area contributed by atoms with Crippen molar-refractivity contribution >= 4 is 22.6 Å². The van der Waals surface area contributed by atoms with Crippen molar-refractivity contribution in [3.63, 3.8) is 0 Å². The second-order valence-electron chi connectivity index (χ2n) is 9.48. The molecule has 1 aliphatic rings. The average Bonchev–Trinajstić information content (AvgIpc) is 2.84. The molecule has 11 heteroatoms. The van der Waals surface area contributed by atoms with Crippen LogP contribution in [-0.4, -0.2) is 50.6 Å². The maximum absolute atomic E-state index is 14.1. The third-order valence-electron chi connectivity index (χ3n) is 6.60. The second-order valence-corrected chi connectivity index (χ2v) is 9.48. The van der Waals surface area contributed by atoms with Crippen molar-refractivity contribution in [2.75, 3.05) is 18.4 Å². The standard InChI is InChI=1S/C26H30F3N5O3/c1-6-21(18-9-19-22(10-20(18)26(27,28)29)31-16(4)33(5)25(19)36)32-23-8-7-17(11-30-23)24(35)34-12-14(2)37-15(3)13-34/h7-11,14-15,21H,6,12-13H2,1-5H3,(H,30,32)/t14-,15+,21-/m0/s1. The van der Waals surface area contributed by atoms with Crippen LogP contribution >= 0.6 is 0 Å². The van der Waals surface area contributed by atoms with Gasteiger partial charge in [-0.1, -0.05) is 6.92 Å². The summed E-state index contributed by atoms with van der Waals surface area (Å²) in [5.41, 5.74) is -0.962. The SMILES string of the molecule is CC[C@H](Nc1ccc(C(=O)N2C[C@@H](C)O[C@@H](C)C2)cn1)c1cc2c(=O)n(C)c(C)nc2cc1C(F)(F)F. The van der Waals surface area contributed by atoms with Crippen molar-refractivity contribution in [3.05, 3.63) is 63.3 Å². The summed E-state index contributed by atoms with van der Waals surface area (Å²) in [6.45, 7) is 8.06. The van der Waals surface area contributed by atoms with E-state index in [0.29, 0.717) is 36.7 Å². The summed E-state index contributed by atoms with van der Waals surface area (Å²) in [4.78, 5) is 35.9. The summed E-state index contributed by atoms with van der Waals surface area (Å²) >= 11 is 0. The number of halogens is 3. The van der Waals surface area contributed by atoms with Crippen LogP contribution < -0.4 is 10.9 Å². The van der Waals surface area contributed by atoms with E-state index in [1.165, 1.54) is 23.9 Å². The fraction of sp³-hybridized carbons (Fsp3) is 0.462. The predicted octanol–water partition coefficient (Wildman–Crippen LogP) is 4.47. The van der Waals surface area contributed by atoms with Gasteiger partial charge in [0.05, 0.1) is 40.3 Å². The monoisotopic (exact) mass is 517 g/mol. The molecule has 3 aromatic rings. The number of benzene rings is 1. The number of amides is 1. The third kappa shape index (κ3) is 5.46. The lowest BCUT2D eigenvalue weighted by Crippen LogP contribution is -2.48. The molecule has 0 unspecified atom stereocenters. The number of aromatic nitrogens is 3. The molecule has 1 aromatic carbocycles. The van der Waals surface area contributed by atoms with Crippen molar-refractivity contribution in [1.29, 1.82) is 0 Å². The van der Waals surface area contributed by atoms with Gasteiger partial charge in [-0.2, -0.15) is 13.2 Å². The van der Waals surface area contributed by atoms with E-state index < -0.39 is 23.3 Å². The van der Waals surface area contributed by atoms with E-state index >= 15 is 0 Å². The number of morpholine rings is 1. The van der Waals surface area contributed by atoms with Crippen molar-refractivity contribution in [2.24, 2.45) is 7.05 Å². The highest BCUT2D eigenvalue weighted by molar-refractivity contribution is 5.94. The average molecular weight is 518 g/mol. The summed E-state index contributed by atoms with van der Waals surface area (Å²) in [6, 6.07) is 4.59. The molecule has 0 saturated carbocycles. The number of hydrogen-bond acceptors (Lipinski definition) is 6. The van der Waals surface area contributed by atoms with E-state index in [1.54, 1.807) is 30.9 Å². The fourth-order valence-corrected chi connectivity index (χ4v) is 4.69. The van der Waals surface area contributed by atoms with Gasteiger partial charge in [0.15, 0.2) is 0 Å². The van der Waals surface area contributed by atoms with E-state index in [-0.39, 0.29) is 34.6 Å². The van der Waals surface area contributed by atoms with Gasteiger partial charge in [0.2, 0.25) is 0 Å². The normalized spacial score (nSPS) is 19.2. The molecule has 3 heterocycles. The van der Waals surface area contributed by atoms with E-state index in [9.17, 15) is 22.8 Å². The van der Waals surface area contributed by atoms with Gasteiger partial charge in [-0.25, -0.2) is 9.97 Å². The van der Waals surface area contributed by atoms with Crippen LogP contribution in [0.3, 0.4) is 0 Å². The van der Waals surface area contributed by atoms with Gasteiger partial charge < -0.3 is 15.0 Å². The molecule has 0 aliphatic carbocycles. The Morgan fingerprint density at radius 3 is 2.46 bits per heavy atom. The van der Waals surface area contributed by atoms with Crippen LogP contribution in [0.15, 0.2) is 35.3 Å². The maximum Gasteiger partial charge on any atom is 0.416 e. The molecular weight excluding hydrogens is 487 g/mol. The zero-order valence-corrected chi connectivity index (χ0v) is 21.4. The van der Waals surface area contributed by atoms with Gasteiger partial charge in [0, 0.05) is 26.3 Å². The van der Waals surface area contributed by atoms with Gasteiger partial charge in [0.25, 0.3) is 11.5 Å². The van der Waals surface area contributed by atoms with Gasteiger partial charge in [-0.15, -0.1) is 0 Å². The quantitative estimate of drug-likeness (QED) is 0.537. The summed E-state index contributed by atoms with van der Waals surface area (Å²) in [6.07, 6.45) is -3.10. The summed E-state index contributed by atoms with van der Waals surface area (Å²) in [5.74, 6) is 0.458. The third-order valence-corrected chi connectivity index (χ3v) is 6.60. The Morgan fingerprint density at radius 1 is 1.22 bits per heavy atom. The van der Waals surface area contributed by atoms with Crippen LogP contribution in [0.1, 0.15) is 60.5 Å². The second kappa shape index (κ2) is 10.1. The Labute approximate surface area is 212 Å². The number of carbonyl (C=O) groups excluding carboxylic acids is 1. The number of nitrogens with zero attached hydrogens (tertiary/aromatic N) is 4. The lowest BCUT2D eigenvalue weighted by atomic mass is 9.95. The minimum Gasteiger partial charge on any atom is -0.372 e. The molecule has 1 amide bonds. The fourth-order valence-electron chi connectivity index (χ4n) is 4.69. The van der Waals surface area contributed by atoms with E-state index in [1.807, 2.05) is 13.8 Å². The van der Waals surface area contributed by atoms with Crippen LogP contribution in [0, 0.1) is 6.92 Å². The Hall–Kier alpha value is -3.47. The first-order valence-electron chi connectivity index (χ1n) is 12.1. The van der Waals surface area contributed by atoms with Crippen molar-refractivity contribution < 1.29 is 22.7 Å². The Balaban J connectivity index is 1.65. The first kappa shape index (κ1) is 26.6. The number of hydrogen-bond donors (Lipinski definition) is 1. The molecule has 0 bridgehead atoms. The van der Waals surface area contributed by atoms with Crippen LogP contribution in [0.2, 0.25) is 0 Å². The minimum atomic E-state index is -4.65. The molecule has 8 nitrogen and oxygen atoms in total. The minimum absolute atomic E-state index is 0.000678. The molecule has 4 rings (SSSR count). The number of aryl methyl sites for hydroxylation is 1. The maximum atomic E-state index is 14.1. The Kier molecular flexibility index (Phi) is 7.27. The van der Waals surface area contributed by atoms with Gasteiger partial charge >= 0.3 is 6.18 Å². The molecule has 198 valence electrons. The zero-order chi connectivity index (χ0) is 27.1. The van der Waals surface area contributed by atoms with E-state index in [2.05, 4.69) is 15.3 Å². The molecular formula is C26H30F3N5O3. The van der Waals surface area contributed by atoms with Crippen molar-refractivity contribution in [3.8, 4) is 0 Å². The van der Waals surface area contributed by atoms with Gasteiger partial charge in [0.1, 0.15) is 11.6 Å². The zero-order valence-electron chi connectivity index (χ0n) is 21.4. The van der Waals surface area contributed by atoms with Crippen LogP contribution in [0.5, 0.6) is 0 Å². The number of nitrogens with one attached hydrogen (secondary N) is 1. The molecule has 3 atom stereocenters. The van der Waals surface area contributed by atoms with Crippen molar-refractivity contribution in [1.82, 2.24) is 19.4 Å². The first-order chi connectivity index (χ1) is 17.4. The highest BCUT2D eigenvalue weighted by Crippen LogP contribution is 2.38. The lowest BCUT2D eigenvalue weighted by Gasteiger charge is -2.35. The predicted molar refractivity (Wildman–Crippen MR) is 134 cm³/mol. The molecule has 1 N–H and O–H groups in total. The molecule has 2 aromatic heterocycles. The number of carbonyl (C=O) groups is 1. The first-order valence-corrected chi connectivity index (χ1v) is 12.1. The highest BCUT2D eigenvalue weighted by atomic mass is 19.4. The molecule has 1 fully saturated rings. The van der Waals surface area contributed by atoms with Crippen LogP contribution in [-0.2, 0) is 18.0 Å². The summed E-state index contributed by atoms with van der Waals surface area (Å²) in [7, 11) is 1.53. The van der Waals surface area contributed by atoms with E-state index in [4.69, 9.17) is 4.74 Å². The Morgan fingerprint density at radius 2 is 1.89 bits per heavy atom. The van der Waals surface area contributed by atoms with Crippen LogP contribution in [0.4, 0.5) is 19.0 Å². The molecule has 0 spiro atoms. The number of alkyl halides is 3. The van der Waals surface area contributed by atoms with Gasteiger partial charge in [-0.3, -0.25) is 14.2 Å². The summed E-state index contributed by atoms with van der Waals surface area (Å²) in [5, 5.41) is 3.15. The number of rotatable bonds is 5. The Bertz CT molecular complexity index is 1360. The largest absolute Gasteiger partial charge is 0.416 e. The lowest BCUT2D eigenvalue weighted by molar-refractivity contribution is -0.138. The number of ether oxygens (including phenoxy) is 1. The molecule has 37 heavy (non-hydrogen) atoms. The van der Waals surface area contributed by atoms with Gasteiger partial charge in [-0.05, 0) is 57.0 Å². The highest BCUT2D eigenvalue weighted by Gasteiger charge is 2.36. The number of fused-ring (bicyclic) bond motifs is 1. The number of pyridine rings is 1. The molecule has 1 aliphatic heterocycles. The van der Waals surface area contributed by atoms with Crippen LogP contribution in [0.25, 0.3) is 10.9 Å². The molecule has 0 radical (unpaired) electrons. The summed E-state index contributed by atoms with van der Waals surface area (Å²) < 4.78 is 49.2. The van der Waals surface area contributed by atoms with Crippen molar-refractivity contribution in [2.45, 2.75) is 58.5 Å².